The first kappa shape index (κ1) is 10.1. The standard InChI is InChI=1S/C11H16N4/c1-7(5-12)10-4-11-13-9(3)8(2)6-15(11)14-10/h4,6-7H,5,12H2,1-3H3. The van der Waals surface area contributed by atoms with E-state index in [1.807, 2.05) is 30.6 Å². The zero-order chi connectivity index (χ0) is 11.0. The maximum Gasteiger partial charge on any atom is 0.155 e. The summed E-state index contributed by atoms with van der Waals surface area (Å²) in [4.78, 5) is 4.47. The number of hydrogen-bond acceptors (Lipinski definition) is 3. The van der Waals surface area contributed by atoms with Crippen molar-refractivity contribution in [1.82, 2.24) is 14.6 Å². The molecule has 15 heavy (non-hydrogen) atoms. The molecule has 0 aliphatic heterocycles. The van der Waals surface area contributed by atoms with Crippen molar-refractivity contribution in [3.8, 4) is 0 Å². The van der Waals surface area contributed by atoms with E-state index in [0.29, 0.717) is 6.54 Å². The van der Waals surface area contributed by atoms with E-state index in [-0.39, 0.29) is 5.92 Å². The highest BCUT2D eigenvalue weighted by Crippen LogP contribution is 2.15. The first-order valence-electron chi connectivity index (χ1n) is 5.15. The third kappa shape index (κ3) is 1.72. The molecule has 0 aliphatic carbocycles. The van der Waals surface area contributed by atoms with E-state index in [9.17, 15) is 0 Å². The minimum absolute atomic E-state index is 0.285. The van der Waals surface area contributed by atoms with E-state index >= 15 is 0 Å². The summed E-state index contributed by atoms with van der Waals surface area (Å²) in [6.45, 7) is 6.73. The van der Waals surface area contributed by atoms with Crippen LogP contribution in [0.2, 0.25) is 0 Å². The zero-order valence-electron chi connectivity index (χ0n) is 9.36. The smallest absolute Gasteiger partial charge is 0.155 e. The van der Waals surface area contributed by atoms with Gasteiger partial charge in [0.2, 0.25) is 0 Å². The van der Waals surface area contributed by atoms with Crippen LogP contribution in [0.25, 0.3) is 5.65 Å². The van der Waals surface area contributed by atoms with Crippen molar-refractivity contribution >= 4 is 5.65 Å². The Morgan fingerprint density at radius 1 is 1.47 bits per heavy atom. The van der Waals surface area contributed by atoms with Gasteiger partial charge in [0.1, 0.15) is 0 Å². The molecular formula is C11H16N4. The molecule has 0 amide bonds. The van der Waals surface area contributed by atoms with Crippen molar-refractivity contribution in [2.24, 2.45) is 5.73 Å². The summed E-state index contributed by atoms with van der Waals surface area (Å²) < 4.78 is 1.82. The number of nitrogens with zero attached hydrogens (tertiary/aromatic N) is 3. The van der Waals surface area contributed by atoms with Crippen LogP contribution in [0.1, 0.15) is 29.8 Å². The fourth-order valence-corrected chi connectivity index (χ4v) is 1.48. The second-order valence-corrected chi connectivity index (χ2v) is 4.02. The molecule has 4 nitrogen and oxygen atoms in total. The maximum atomic E-state index is 5.62. The van der Waals surface area contributed by atoms with Crippen LogP contribution in [0.3, 0.4) is 0 Å². The van der Waals surface area contributed by atoms with Gasteiger partial charge < -0.3 is 5.73 Å². The van der Waals surface area contributed by atoms with E-state index in [0.717, 1.165) is 22.6 Å². The van der Waals surface area contributed by atoms with Gasteiger partial charge in [0, 0.05) is 30.4 Å². The number of aromatic nitrogens is 3. The quantitative estimate of drug-likeness (QED) is 0.804. The summed E-state index contributed by atoms with van der Waals surface area (Å²) in [6, 6.07) is 2.00. The Balaban J connectivity index is 2.56. The van der Waals surface area contributed by atoms with Gasteiger partial charge in [0.25, 0.3) is 0 Å². The number of fused-ring (bicyclic) bond motifs is 1. The molecule has 1 atom stereocenters. The monoisotopic (exact) mass is 204 g/mol. The molecule has 0 fully saturated rings. The van der Waals surface area contributed by atoms with Crippen LogP contribution in [-0.4, -0.2) is 21.1 Å². The lowest BCUT2D eigenvalue weighted by Gasteiger charge is -2.01. The summed E-state index contributed by atoms with van der Waals surface area (Å²) in [5.41, 5.74) is 9.72. The molecule has 0 bridgehead atoms. The maximum absolute atomic E-state index is 5.62. The molecular weight excluding hydrogens is 188 g/mol. The van der Waals surface area contributed by atoms with Gasteiger partial charge in [-0.05, 0) is 19.4 Å². The first-order valence-corrected chi connectivity index (χ1v) is 5.15. The molecule has 0 aromatic carbocycles. The Morgan fingerprint density at radius 2 is 2.20 bits per heavy atom. The molecule has 0 radical (unpaired) electrons. The fraction of sp³-hybridized carbons (Fsp3) is 0.455. The van der Waals surface area contributed by atoms with Crippen LogP contribution >= 0.6 is 0 Å². The van der Waals surface area contributed by atoms with Crippen molar-refractivity contribution in [2.75, 3.05) is 6.54 Å². The third-order valence-electron chi connectivity index (χ3n) is 2.76. The molecule has 0 saturated carbocycles. The van der Waals surface area contributed by atoms with Gasteiger partial charge in [0.05, 0.1) is 5.69 Å². The van der Waals surface area contributed by atoms with Gasteiger partial charge in [-0.15, -0.1) is 0 Å². The molecule has 2 rings (SSSR count). The van der Waals surface area contributed by atoms with Crippen molar-refractivity contribution in [3.63, 3.8) is 0 Å². The number of rotatable bonds is 2. The summed E-state index contributed by atoms with van der Waals surface area (Å²) in [7, 11) is 0. The minimum Gasteiger partial charge on any atom is -0.330 e. The average molecular weight is 204 g/mol. The highest BCUT2D eigenvalue weighted by Gasteiger charge is 2.09. The summed E-state index contributed by atoms with van der Waals surface area (Å²) in [5, 5.41) is 4.46. The highest BCUT2D eigenvalue weighted by molar-refractivity contribution is 5.42. The van der Waals surface area contributed by atoms with Gasteiger partial charge in [-0.3, -0.25) is 0 Å². The van der Waals surface area contributed by atoms with E-state index in [4.69, 9.17) is 5.73 Å². The Bertz CT molecular complexity index is 448. The fourth-order valence-electron chi connectivity index (χ4n) is 1.48. The lowest BCUT2D eigenvalue weighted by atomic mass is 10.1. The largest absolute Gasteiger partial charge is 0.330 e. The summed E-state index contributed by atoms with van der Waals surface area (Å²) >= 11 is 0. The molecule has 0 saturated heterocycles. The Labute approximate surface area is 89.1 Å². The Kier molecular flexibility index (Phi) is 2.44. The predicted molar refractivity (Wildman–Crippen MR) is 59.9 cm³/mol. The van der Waals surface area contributed by atoms with Gasteiger partial charge in [-0.25, -0.2) is 9.50 Å². The molecule has 2 N–H and O–H groups in total. The lowest BCUT2D eigenvalue weighted by Crippen LogP contribution is -2.09. The second-order valence-electron chi connectivity index (χ2n) is 4.02. The highest BCUT2D eigenvalue weighted by atomic mass is 15.2. The van der Waals surface area contributed by atoms with Crippen LogP contribution < -0.4 is 5.73 Å². The van der Waals surface area contributed by atoms with Crippen LogP contribution in [-0.2, 0) is 0 Å². The van der Waals surface area contributed by atoms with E-state index in [2.05, 4.69) is 17.0 Å². The van der Waals surface area contributed by atoms with Gasteiger partial charge in [-0.1, -0.05) is 6.92 Å². The third-order valence-corrected chi connectivity index (χ3v) is 2.76. The SMILES string of the molecule is Cc1cn2nc(C(C)CN)cc2nc1C. The van der Waals surface area contributed by atoms with Gasteiger partial charge in [-0.2, -0.15) is 5.10 Å². The number of nitrogens with two attached hydrogens (primary N) is 1. The Morgan fingerprint density at radius 3 is 2.87 bits per heavy atom. The number of hydrogen-bond donors (Lipinski definition) is 1. The van der Waals surface area contributed by atoms with Crippen molar-refractivity contribution in [3.05, 3.63) is 29.2 Å². The van der Waals surface area contributed by atoms with Crippen molar-refractivity contribution < 1.29 is 0 Å². The Hall–Kier alpha value is -1.42. The molecule has 0 aliphatic rings. The van der Waals surface area contributed by atoms with Crippen molar-refractivity contribution in [1.29, 1.82) is 0 Å². The van der Waals surface area contributed by atoms with Crippen LogP contribution in [0, 0.1) is 13.8 Å². The molecule has 4 heteroatoms. The molecule has 80 valence electrons. The topological polar surface area (TPSA) is 56.2 Å². The van der Waals surface area contributed by atoms with Crippen LogP contribution in [0.4, 0.5) is 0 Å². The average Bonchev–Trinajstić information content (AvgIpc) is 2.60. The van der Waals surface area contributed by atoms with E-state index in [1.54, 1.807) is 0 Å². The molecule has 0 spiro atoms. The minimum atomic E-state index is 0.285. The normalized spacial score (nSPS) is 13.3. The van der Waals surface area contributed by atoms with Crippen LogP contribution in [0.5, 0.6) is 0 Å². The molecule has 2 heterocycles. The van der Waals surface area contributed by atoms with E-state index < -0.39 is 0 Å². The summed E-state index contributed by atoms with van der Waals surface area (Å²) in [6.07, 6.45) is 2.00. The van der Waals surface area contributed by atoms with Crippen molar-refractivity contribution in [2.45, 2.75) is 26.7 Å². The summed E-state index contributed by atoms with van der Waals surface area (Å²) in [5.74, 6) is 0.285. The molecule has 2 aromatic heterocycles. The zero-order valence-corrected chi connectivity index (χ0v) is 9.36. The van der Waals surface area contributed by atoms with Gasteiger partial charge in [0.15, 0.2) is 5.65 Å². The van der Waals surface area contributed by atoms with Crippen LogP contribution in [0.15, 0.2) is 12.3 Å². The number of aryl methyl sites for hydroxylation is 2. The molecule has 1 unspecified atom stereocenters. The predicted octanol–water partition coefficient (Wildman–Crippen LogP) is 1.41. The first-order chi connectivity index (χ1) is 7.11. The second kappa shape index (κ2) is 3.62. The van der Waals surface area contributed by atoms with Gasteiger partial charge >= 0.3 is 0 Å². The van der Waals surface area contributed by atoms with E-state index in [1.165, 1.54) is 0 Å². The lowest BCUT2D eigenvalue weighted by molar-refractivity contribution is 0.726. The molecule has 2 aromatic rings.